The summed E-state index contributed by atoms with van der Waals surface area (Å²) in [4.78, 5) is 33.0. The molecule has 0 aliphatic rings. The van der Waals surface area contributed by atoms with Gasteiger partial charge in [-0.1, -0.05) is 6.92 Å². The van der Waals surface area contributed by atoms with Gasteiger partial charge in [-0.3, -0.25) is 19.7 Å². The minimum absolute atomic E-state index is 0.112. The van der Waals surface area contributed by atoms with Crippen LogP contribution in [0.15, 0.2) is 24.3 Å². The first kappa shape index (κ1) is 15.6. The van der Waals surface area contributed by atoms with E-state index in [0.717, 1.165) is 0 Å². The lowest BCUT2D eigenvalue weighted by Crippen LogP contribution is -2.43. The van der Waals surface area contributed by atoms with Gasteiger partial charge in [-0.15, -0.1) is 0 Å². The van der Waals surface area contributed by atoms with Gasteiger partial charge in [-0.05, 0) is 18.6 Å². The van der Waals surface area contributed by atoms with Crippen LogP contribution in [0.1, 0.15) is 13.3 Å². The third-order valence-electron chi connectivity index (χ3n) is 2.59. The summed E-state index contributed by atoms with van der Waals surface area (Å²) in [6, 6.07) is 4.61. The third-order valence-corrected chi connectivity index (χ3v) is 2.59. The molecule has 0 heterocycles. The van der Waals surface area contributed by atoms with Crippen LogP contribution in [0.4, 0.5) is 11.4 Å². The van der Waals surface area contributed by atoms with Gasteiger partial charge >= 0.3 is 11.8 Å². The van der Waals surface area contributed by atoms with Crippen LogP contribution in [-0.2, 0) is 9.59 Å². The molecule has 108 valence electrons. The van der Waals surface area contributed by atoms with Crippen molar-refractivity contribution in [2.75, 3.05) is 11.9 Å². The van der Waals surface area contributed by atoms with Crippen molar-refractivity contribution in [2.45, 2.75) is 19.4 Å². The minimum Gasteiger partial charge on any atom is -0.394 e. The molecule has 0 saturated carbocycles. The van der Waals surface area contributed by atoms with Crippen molar-refractivity contribution < 1.29 is 19.6 Å². The number of aliphatic hydroxyl groups is 1. The highest BCUT2D eigenvalue weighted by Gasteiger charge is 2.17. The average Bonchev–Trinajstić information content (AvgIpc) is 2.44. The maximum atomic E-state index is 11.6. The van der Waals surface area contributed by atoms with E-state index in [1.807, 2.05) is 0 Å². The van der Waals surface area contributed by atoms with Crippen LogP contribution in [0.3, 0.4) is 0 Å². The smallest absolute Gasteiger partial charge is 0.313 e. The van der Waals surface area contributed by atoms with E-state index >= 15 is 0 Å². The molecule has 0 radical (unpaired) electrons. The van der Waals surface area contributed by atoms with E-state index in [9.17, 15) is 19.7 Å². The van der Waals surface area contributed by atoms with E-state index in [1.54, 1.807) is 6.92 Å². The highest BCUT2D eigenvalue weighted by molar-refractivity contribution is 6.39. The topological polar surface area (TPSA) is 122 Å². The van der Waals surface area contributed by atoms with Crippen LogP contribution in [0.25, 0.3) is 0 Å². The number of hydrogen-bond acceptors (Lipinski definition) is 5. The minimum atomic E-state index is -0.897. The highest BCUT2D eigenvalue weighted by Crippen LogP contribution is 2.15. The Morgan fingerprint density at radius 1 is 1.30 bits per heavy atom. The number of hydrogen-bond donors (Lipinski definition) is 3. The van der Waals surface area contributed by atoms with Gasteiger partial charge in [0, 0.05) is 17.8 Å². The Morgan fingerprint density at radius 3 is 2.35 bits per heavy atom. The summed E-state index contributed by atoms with van der Waals surface area (Å²) >= 11 is 0. The van der Waals surface area contributed by atoms with E-state index in [0.29, 0.717) is 6.42 Å². The lowest BCUT2D eigenvalue weighted by Gasteiger charge is -2.13. The van der Waals surface area contributed by atoms with Gasteiger partial charge in [-0.25, -0.2) is 0 Å². The Balaban J connectivity index is 2.61. The van der Waals surface area contributed by atoms with Gasteiger partial charge in [0.05, 0.1) is 17.6 Å². The number of carbonyl (C=O) groups excluding carboxylic acids is 2. The lowest BCUT2D eigenvalue weighted by molar-refractivity contribution is -0.384. The zero-order valence-corrected chi connectivity index (χ0v) is 10.8. The number of nitro groups is 1. The highest BCUT2D eigenvalue weighted by atomic mass is 16.6. The van der Waals surface area contributed by atoms with Crippen molar-refractivity contribution in [2.24, 2.45) is 0 Å². The summed E-state index contributed by atoms with van der Waals surface area (Å²) in [6.45, 7) is 1.50. The number of rotatable bonds is 5. The number of nitrogens with one attached hydrogen (secondary N) is 2. The van der Waals surface area contributed by atoms with Crippen LogP contribution >= 0.6 is 0 Å². The molecule has 0 fully saturated rings. The number of carbonyl (C=O) groups is 2. The first-order valence-corrected chi connectivity index (χ1v) is 5.95. The van der Waals surface area contributed by atoms with Crippen molar-refractivity contribution in [1.29, 1.82) is 0 Å². The molecule has 0 unspecified atom stereocenters. The number of non-ortho nitro benzene ring substituents is 1. The van der Waals surface area contributed by atoms with Crippen molar-refractivity contribution >= 4 is 23.2 Å². The van der Waals surface area contributed by atoms with Crippen LogP contribution in [0.2, 0.25) is 0 Å². The van der Waals surface area contributed by atoms with Crippen LogP contribution in [-0.4, -0.2) is 34.5 Å². The lowest BCUT2D eigenvalue weighted by atomic mass is 10.2. The van der Waals surface area contributed by atoms with Crippen molar-refractivity contribution in [3.05, 3.63) is 34.4 Å². The average molecular weight is 281 g/mol. The number of nitrogens with zero attached hydrogens (tertiary/aromatic N) is 1. The molecule has 1 aromatic carbocycles. The zero-order valence-electron chi connectivity index (χ0n) is 10.8. The Bertz CT molecular complexity index is 496. The summed E-state index contributed by atoms with van der Waals surface area (Å²) in [7, 11) is 0. The second-order valence-corrected chi connectivity index (χ2v) is 4.02. The van der Waals surface area contributed by atoms with E-state index in [-0.39, 0.29) is 18.0 Å². The molecule has 0 spiro atoms. The second kappa shape index (κ2) is 7.19. The van der Waals surface area contributed by atoms with Crippen molar-refractivity contribution in [3.8, 4) is 0 Å². The summed E-state index contributed by atoms with van der Waals surface area (Å²) in [6.07, 6.45) is 0.493. The molecule has 0 bridgehead atoms. The first-order chi connectivity index (χ1) is 9.47. The second-order valence-electron chi connectivity index (χ2n) is 4.02. The van der Waals surface area contributed by atoms with E-state index in [2.05, 4.69) is 10.6 Å². The Labute approximate surface area is 114 Å². The quantitative estimate of drug-likeness (QED) is 0.410. The molecule has 0 aliphatic heterocycles. The normalized spacial score (nSPS) is 11.5. The first-order valence-electron chi connectivity index (χ1n) is 5.95. The van der Waals surface area contributed by atoms with E-state index in [1.165, 1.54) is 24.3 Å². The fraction of sp³-hybridized carbons (Fsp3) is 0.333. The predicted molar refractivity (Wildman–Crippen MR) is 71.0 cm³/mol. The van der Waals surface area contributed by atoms with E-state index < -0.39 is 22.8 Å². The number of aliphatic hydroxyl groups excluding tert-OH is 1. The van der Waals surface area contributed by atoms with Gasteiger partial charge in [0.1, 0.15) is 0 Å². The molecular weight excluding hydrogens is 266 g/mol. The summed E-state index contributed by atoms with van der Waals surface area (Å²) in [5.74, 6) is -1.77. The fourth-order valence-electron chi connectivity index (χ4n) is 1.38. The molecule has 3 N–H and O–H groups in total. The van der Waals surface area contributed by atoms with Crippen LogP contribution in [0, 0.1) is 10.1 Å². The maximum Gasteiger partial charge on any atom is 0.313 e. The largest absolute Gasteiger partial charge is 0.394 e. The van der Waals surface area contributed by atoms with E-state index in [4.69, 9.17) is 5.11 Å². The summed E-state index contributed by atoms with van der Waals surface area (Å²) < 4.78 is 0. The fourth-order valence-corrected chi connectivity index (χ4v) is 1.38. The van der Waals surface area contributed by atoms with Crippen molar-refractivity contribution in [1.82, 2.24) is 5.32 Å². The molecule has 8 nitrogen and oxygen atoms in total. The SMILES string of the molecule is CC[C@H](CO)NC(=O)C(=O)Nc1ccc([N+](=O)[O-])cc1. The summed E-state index contributed by atoms with van der Waals surface area (Å²) in [5, 5.41) is 24.0. The van der Waals surface area contributed by atoms with Crippen molar-refractivity contribution in [3.63, 3.8) is 0 Å². The molecule has 0 aliphatic carbocycles. The number of nitro benzene ring substituents is 1. The molecule has 1 aromatic rings. The predicted octanol–water partition coefficient (Wildman–Crippen LogP) is 0.420. The molecular formula is C12H15N3O5. The van der Waals surface area contributed by atoms with Crippen LogP contribution < -0.4 is 10.6 Å². The number of benzene rings is 1. The van der Waals surface area contributed by atoms with Gasteiger partial charge in [0.2, 0.25) is 0 Å². The molecule has 20 heavy (non-hydrogen) atoms. The van der Waals surface area contributed by atoms with Gasteiger partial charge < -0.3 is 15.7 Å². The number of amides is 2. The molecule has 8 heteroatoms. The van der Waals surface area contributed by atoms with Gasteiger partial charge in [0.15, 0.2) is 0 Å². The molecule has 0 aromatic heterocycles. The maximum absolute atomic E-state index is 11.6. The Hall–Kier alpha value is -2.48. The van der Waals surface area contributed by atoms with Crippen LogP contribution in [0.5, 0.6) is 0 Å². The molecule has 1 rings (SSSR count). The zero-order chi connectivity index (χ0) is 15.1. The Kier molecular flexibility index (Phi) is 5.60. The van der Waals surface area contributed by atoms with Gasteiger partial charge in [0.25, 0.3) is 5.69 Å². The third kappa shape index (κ3) is 4.32. The number of anilines is 1. The van der Waals surface area contributed by atoms with Gasteiger partial charge in [-0.2, -0.15) is 0 Å². The Morgan fingerprint density at radius 2 is 1.90 bits per heavy atom. The molecule has 1 atom stereocenters. The molecule has 2 amide bonds. The standard InChI is InChI=1S/C12H15N3O5/c1-2-8(7-16)13-11(17)12(18)14-9-3-5-10(6-4-9)15(19)20/h3-6,8,16H,2,7H2,1H3,(H,13,17)(H,14,18)/t8-/m1/s1. The molecule has 0 saturated heterocycles. The summed E-state index contributed by atoms with van der Waals surface area (Å²) in [5.41, 5.74) is 0.159. The monoisotopic (exact) mass is 281 g/mol.